The molecule has 0 aromatic heterocycles. The van der Waals surface area contributed by atoms with Crippen LogP contribution in [-0.4, -0.2) is 18.2 Å². The lowest BCUT2D eigenvalue weighted by Crippen LogP contribution is -2.28. The molecule has 1 aromatic carbocycles. The van der Waals surface area contributed by atoms with Crippen LogP contribution < -0.4 is 5.32 Å². The van der Waals surface area contributed by atoms with Gasteiger partial charge in [-0.25, -0.2) is 4.39 Å². The van der Waals surface area contributed by atoms with E-state index in [0.717, 1.165) is 37.9 Å². The topological polar surface area (TPSA) is 32.3 Å². The molecule has 0 spiro atoms. The maximum Gasteiger partial charge on any atom is 0.124 e. The minimum Gasteiger partial charge on any atom is -0.507 e. The summed E-state index contributed by atoms with van der Waals surface area (Å²) in [6, 6.07) is 2.84. The molecule has 2 nitrogen and oxygen atoms in total. The first kappa shape index (κ1) is 11.4. The largest absolute Gasteiger partial charge is 0.507 e. The number of hydrogen-bond acceptors (Lipinski definition) is 2. The molecule has 0 saturated carbocycles. The zero-order valence-electron chi connectivity index (χ0n) is 9.59. The predicted octanol–water partition coefficient (Wildman–Crippen LogP) is 2.38. The van der Waals surface area contributed by atoms with Crippen LogP contribution in [0.25, 0.3) is 0 Å². The maximum absolute atomic E-state index is 13.2. The van der Waals surface area contributed by atoms with Crippen LogP contribution in [0.1, 0.15) is 24.0 Å². The molecule has 2 N–H and O–H groups in total. The van der Waals surface area contributed by atoms with Crippen LogP contribution in [0.3, 0.4) is 0 Å². The minimum absolute atomic E-state index is 0.251. The summed E-state index contributed by atoms with van der Waals surface area (Å²) in [5, 5.41) is 13.2. The van der Waals surface area contributed by atoms with Crippen molar-refractivity contribution in [3.8, 4) is 5.75 Å². The van der Waals surface area contributed by atoms with Gasteiger partial charge in [0.2, 0.25) is 0 Å². The number of benzene rings is 1. The Morgan fingerprint density at radius 2 is 2.06 bits per heavy atom. The van der Waals surface area contributed by atoms with Crippen LogP contribution in [-0.2, 0) is 6.42 Å². The number of aryl methyl sites for hydroxylation is 1. The van der Waals surface area contributed by atoms with E-state index in [0.29, 0.717) is 11.5 Å². The van der Waals surface area contributed by atoms with E-state index in [2.05, 4.69) is 5.32 Å². The smallest absolute Gasteiger partial charge is 0.124 e. The van der Waals surface area contributed by atoms with Gasteiger partial charge in [0.15, 0.2) is 0 Å². The number of hydrogen-bond donors (Lipinski definition) is 2. The van der Waals surface area contributed by atoms with E-state index < -0.39 is 0 Å². The maximum atomic E-state index is 13.2. The first-order valence-electron chi connectivity index (χ1n) is 5.85. The van der Waals surface area contributed by atoms with E-state index in [1.165, 1.54) is 12.1 Å². The van der Waals surface area contributed by atoms with Crippen molar-refractivity contribution in [2.45, 2.75) is 26.2 Å². The molecule has 0 bridgehead atoms. The average molecular weight is 223 g/mol. The second kappa shape index (κ2) is 4.83. The summed E-state index contributed by atoms with van der Waals surface area (Å²) in [5.41, 5.74) is 1.38. The second-order valence-corrected chi connectivity index (χ2v) is 4.63. The lowest BCUT2D eigenvalue weighted by Gasteiger charge is -2.23. The predicted molar refractivity (Wildman–Crippen MR) is 62.1 cm³/mol. The molecule has 0 atom stereocenters. The van der Waals surface area contributed by atoms with E-state index in [-0.39, 0.29) is 11.6 Å². The zero-order valence-corrected chi connectivity index (χ0v) is 9.59. The van der Waals surface area contributed by atoms with Crippen molar-refractivity contribution in [1.82, 2.24) is 5.32 Å². The number of rotatable bonds is 2. The molecule has 1 aliphatic heterocycles. The Kier molecular flexibility index (Phi) is 3.44. The third-order valence-electron chi connectivity index (χ3n) is 3.31. The van der Waals surface area contributed by atoms with Gasteiger partial charge in [-0.05, 0) is 68.5 Å². The van der Waals surface area contributed by atoms with Crippen LogP contribution >= 0.6 is 0 Å². The molecule has 1 aromatic rings. The molecule has 1 fully saturated rings. The summed E-state index contributed by atoms with van der Waals surface area (Å²) in [4.78, 5) is 0. The summed E-state index contributed by atoms with van der Waals surface area (Å²) in [7, 11) is 0. The number of piperidine rings is 1. The Morgan fingerprint density at radius 3 is 2.75 bits per heavy atom. The highest BCUT2D eigenvalue weighted by molar-refractivity contribution is 5.40. The van der Waals surface area contributed by atoms with Crippen molar-refractivity contribution in [1.29, 1.82) is 0 Å². The van der Waals surface area contributed by atoms with Crippen LogP contribution in [0.15, 0.2) is 12.1 Å². The van der Waals surface area contributed by atoms with Gasteiger partial charge in [-0.15, -0.1) is 0 Å². The Labute approximate surface area is 95.5 Å². The van der Waals surface area contributed by atoms with Crippen molar-refractivity contribution < 1.29 is 9.50 Å². The lowest BCUT2D eigenvalue weighted by atomic mass is 9.90. The highest BCUT2D eigenvalue weighted by atomic mass is 19.1. The summed E-state index contributed by atoms with van der Waals surface area (Å²) >= 11 is 0. The standard InChI is InChI=1S/C13H18FNO/c1-9-6-12(14)8-11(13(9)16)7-10-2-4-15-5-3-10/h6,8,10,15-16H,2-5,7H2,1H3. The molecule has 88 valence electrons. The SMILES string of the molecule is Cc1cc(F)cc(CC2CCNCC2)c1O. The van der Waals surface area contributed by atoms with Gasteiger partial charge in [0.05, 0.1) is 0 Å². The van der Waals surface area contributed by atoms with Crippen molar-refractivity contribution in [2.24, 2.45) is 5.92 Å². The molecule has 0 unspecified atom stereocenters. The number of phenols is 1. The fraction of sp³-hybridized carbons (Fsp3) is 0.538. The molecule has 2 rings (SSSR count). The molecule has 0 aliphatic carbocycles. The fourth-order valence-corrected chi connectivity index (χ4v) is 2.36. The number of phenolic OH excluding ortho intramolecular Hbond substituents is 1. The molecule has 0 amide bonds. The average Bonchev–Trinajstić information content (AvgIpc) is 2.27. The van der Waals surface area contributed by atoms with Gasteiger partial charge in [0, 0.05) is 0 Å². The van der Waals surface area contributed by atoms with E-state index in [1.807, 2.05) is 0 Å². The first-order chi connectivity index (χ1) is 7.66. The molecular weight excluding hydrogens is 205 g/mol. The summed E-state index contributed by atoms with van der Waals surface area (Å²) in [6.07, 6.45) is 3.00. The van der Waals surface area contributed by atoms with Crippen molar-refractivity contribution in [2.75, 3.05) is 13.1 Å². The van der Waals surface area contributed by atoms with E-state index in [9.17, 15) is 9.50 Å². The van der Waals surface area contributed by atoms with E-state index in [4.69, 9.17) is 0 Å². The Morgan fingerprint density at radius 1 is 1.38 bits per heavy atom. The Balaban J connectivity index is 2.13. The molecule has 1 saturated heterocycles. The Bertz CT molecular complexity index is 372. The molecule has 16 heavy (non-hydrogen) atoms. The normalized spacial score (nSPS) is 17.6. The van der Waals surface area contributed by atoms with Crippen molar-refractivity contribution in [3.05, 3.63) is 29.1 Å². The fourth-order valence-electron chi connectivity index (χ4n) is 2.36. The highest BCUT2D eigenvalue weighted by Crippen LogP contribution is 2.28. The lowest BCUT2D eigenvalue weighted by molar-refractivity contribution is 0.365. The Hall–Kier alpha value is -1.09. The quantitative estimate of drug-likeness (QED) is 0.806. The number of nitrogens with one attached hydrogen (secondary N) is 1. The molecule has 1 heterocycles. The summed E-state index contributed by atoms with van der Waals surface area (Å²) in [6.45, 7) is 3.80. The third-order valence-corrected chi connectivity index (χ3v) is 3.31. The van der Waals surface area contributed by atoms with Gasteiger partial charge >= 0.3 is 0 Å². The van der Waals surface area contributed by atoms with Gasteiger partial charge < -0.3 is 10.4 Å². The van der Waals surface area contributed by atoms with Crippen LogP contribution in [0, 0.1) is 18.7 Å². The van der Waals surface area contributed by atoms with Crippen LogP contribution in [0.5, 0.6) is 5.75 Å². The number of halogens is 1. The van der Waals surface area contributed by atoms with Gasteiger partial charge in [0.25, 0.3) is 0 Å². The second-order valence-electron chi connectivity index (χ2n) is 4.63. The minimum atomic E-state index is -0.251. The molecule has 1 aliphatic rings. The van der Waals surface area contributed by atoms with E-state index >= 15 is 0 Å². The number of aromatic hydroxyl groups is 1. The van der Waals surface area contributed by atoms with Crippen molar-refractivity contribution >= 4 is 0 Å². The first-order valence-corrected chi connectivity index (χ1v) is 5.85. The van der Waals surface area contributed by atoms with Crippen molar-refractivity contribution in [3.63, 3.8) is 0 Å². The molecular formula is C13H18FNO. The summed E-state index contributed by atoms with van der Waals surface area (Å²) in [5.74, 6) is 0.576. The van der Waals surface area contributed by atoms with Gasteiger partial charge in [-0.3, -0.25) is 0 Å². The zero-order chi connectivity index (χ0) is 11.5. The van der Waals surface area contributed by atoms with Gasteiger partial charge in [-0.1, -0.05) is 0 Å². The van der Waals surface area contributed by atoms with Gasteiger partial charge in [-0.2, -0.15) is 0 Å². The molecule has 0 radical (unpaired) electrons. The monoisotopic (exact) mass is 223 g/mol. The van der Waals surface area contributed by atoms with Crippen LogP contribution in [0.2, 0.25) is 0 Å². The highest BCUT2D eigenvalue weighted by Gasteiger charge is 2.16. The van der Waals surface area contributed by atoms with Gasteiger partial charge in [0.1, 0.15) is 11.6 Å². The third kappa shape index (κ3) is 2.53. The van der Waals surface area contributed by atoms with Crippen LogP contribution in [0.4, 0.5) is 4.39 Å². The molecule has 3 heteroatoms. The van der Waals surface area contributed by atoms with E-state index in [1.54, 1.807) is 6.92 Å². The summed E-state index contributed by atoms with van der Waals surface area (Å²) < 4.78 is 13.2.